The Morgan fingerprint density at radius 1 is 0.964 bits per heavy atom. The summed E-state index contributed by atoms with van der Waals surface area (Å²) in [4.78, 5) is 11.0. The number of aromatic nitrogens is 2. The third kappa shape index (κ3) is 5.20. The number of nitrogens with two attached hydrogens (primary N) is 1. The fourth-order valence-electron chi connectivity index (χ4n) is 3.09. The van der Waals surface area contributed by atoms with Crippen molar-refractivity contribution in [1.29, 1.82) is 0 Å². The van der Waals surface area contributed by atoms with Gasteiger partial charge in [0.25, 0.3) is 0 Å². The van der Waals surface area contributed by atoms with Crippen molar-refractivity contribution in [3.05, 3.63) is 78.1 Å². The van der Waals surface area contributed by atoms with Crippen molar-refractivity contribution in [3.8, 4) is 0 Å². The van der Waals surface area contributed by atoms with Crippen molar-refractivity contribution in [1.82, 2.24) is 9.97 Å². The Balaban J connectivity index is 1.90. The predicted molar refractivity (Wildman–Crippen MR) is 114 cm³/mol. The molecular weight excluding hydrogens is 350 g/mol. The highest BCUT2D eigenvalue weighted by atomic mass is 16.5. The molecule has 3 N–H and O–H groups in total. The molecule has 0 aliphatic heterocycles. The van der Waals surface area contributed by atoms with Gasteiger partial charge in [-0.2, -0.15) is 0 Å². The van der Waals surface area contributed by atoms with Crippen LogP contribution in [0.4, 0.5) is 17.3 Å². The van der Waals surface area contributed by atoms with Gasteiger partial charge in [0, 0.05) is 26.2 Å². The minimum absolute atomic E-state index is 0.0896. The van der Waals surface area contributed by atoms with Crippen LogP contribution in [-0.4, -0.2) is 29.7 Å². The molecule has 3 rings (SSSR count). The monoisotopic (exact) mass is 377 g/mol. The molecule has 0 radical (unpaired) electrons. The molecule has 146 valence electrons. The zero-order chi connectivity index (χ0) is 19.8. The average molecular weight is 377 g/mol. The van der Waals surface area contributed by atoms with Crippen LogP contribution in [0.2, 0.25) is 0 Å². The molecular formula is C22H27N5O. The van der Waals surface area contributed by atoms with E-state index in [4.69, 9.17) is 10.5 Å². The van der Waals surface area contributed by atoms with Gasteiger partial charge in [-0.3, -0.25) is 0 Å². The van der Waals surface area contributed by atoms with Crippen molar-refractivity contribution in [2.45, 2.75) is 26.1 Å². The lowest BCUT2D eigenvalue weighted by molar-refractivity contribution is 0.190. The van der Waals surface area contributed by atoms with Gasteiger partial charge in [-0.25, -0.2) is 9.97 Å². The molecule has 1 aromatic heterocycles. The van der Waals surface area contributed by atoms with Crippen LogP contribution < -0.4 is 16.0 Å². The zero-order valence-electron chi connectivity index (χ0n) is 16.4. The van der Waals surface area contributed by atoms with Gasteiger partial charge in [-0.15, -0.1) is 0 Å². The maximum absolute atomic E-state index is 6.47. The molecule has 0 amide bonds. The van der Waals surface area contributed by atoms with Gasteiger partial charge < -0.3 is 20.7 Å². The summed E-state index contributed by atoms with van der Waals surface area (Å²) in [6.45, 7) is 3.99. The first-order valence-electron chi connectivity index (χ1n) is 9.36. The molecule has 0 saturated heterocycles. The van der Waals surface area contributed by atoms with E-state index >= 15 is 0 Å². The van der Waals surface area contributed by atoms with Gasteiger partial charge in [0.05, 0.1) is 6.61 Å². The summed E-state index contributed by atoms with van der Waals surface area (Å²) in [5.74, 6) is 1.34. The smallest absolute Gasteiger partial charge is 0.158 e. The second-order valence-electron chi connectivity index (χ2n) is 6.79. The van der Waals surface area contributed by atoms with E-state index < -0.39 is 0 Å². The second kappa shape index (κ2) is 9.71. The van der Waals surface area contributed by atoms with Gasteiger partial charge in [-0.05, 0) is 18.1 Å². The Morgan fingerprint density at radius 2 is 1.54 bits per heavy atom. The Bertz CT molecular complexity index is 816. The molecule has 6 heteroatoms. The fraction of sp³-hybridized carbons (Fsp3) is 0.273. The largest absolute Gasteiger partial charge is 0.393 e. The average Bonchev–Trinajstić information content (AvgIpc) is 2.71. The minimum Gasteiger partial charge on any atom is -0.393 e. The van der Waals surface area contributed by atoms with Gasteiger partial charge in [0.1, 0.15) is 12.0 Å². The van der Waals surface area contributed by atoms with Crippen LogP contribution in [0.5, 0.6) is 0 Å². The summed E-state index contributed by atoms with van der Waals surface area (Å²) < 4.78 is 5.19. The summed E-state index contributed by atoms with van der Waals surface area (Å²) in [5, 5.41) is 3.31. The number of nitrogens with one attached hydrogen (secondary N) is 1. The van der Waals surface area contributed by atoms with Crippen molar-refractivity contribution >= 4 is 17.3 Å². The first kappa shape index (κ1) is 19.6. The number of benzene rings is 2. The lowest BCUT2D eigenvalue weighted by atomic mass is 10.1. The van der Waals surface area contributed by atoms with Crippen molar-refractivity contribution < 1.29 is 4.74 Å². The predicted octanol–water partition coefficient (Wildman–Crippen LogP) is 3.71. The van der Waals surface area contributed by atoms with Crippen LogP contribution in [0.3, 0.4) is 0 Å². The fourth-order valence-corrected chi connectivity index (χ4v) is 3.09. The number of nitrogen functional groups attached to an aromatic ring is 1. The lowest BCUT2D eigenvalue weighted by Crippen LogP contribution is -2.26. The Kier molecular flexibility index (Phi) is 6.81. The van der Waals surface area contributed by atoms with Crippen LogP contribution in [0.15, 0.2) is 67.0 Å². The number of anilines is 3. The quantitative estimate of drug-likeness (QED) is 0.592. The van der Waals surface area contributed by atoms with Gasteiger partial charge in [0.2, 0.25) is 0 Å². The van der Waals surface area contributed by atoms with Crippen LogP contribution in [0.25, 0.3) is 0 Å². The molecule has 28 heavy (non-hydrogen) atoms. The number of nitrogens with zero attached hydrogens (tertiary/aromatic N) is 3. The van der Waals surface area contributed by atoms with Gasteiger partial charge >= 0.3 is 0 Å². The van der Waals surface area contributed by atoms with E-state index in [1.165, 1.54) is 11.1 Å². The first-order chi connectivity index (χ1) is 13.7. The first-order valence-corrected chi connectivity index (χ1v) is 9.36. The van der Waals surface area contributed by atoms with Crippen LogP contribution in [-0.2, 0) is 17.8 Å². The maximum atomic E-state index is 6.47. The molecule has 1 unspecified atom stereocenters. The Labute approximate surface area is 166 Å². The lowest BCUT2D eigenvalue weighted by Gasteiger charge is -2.26. The highest BCUT2D eigenvalue weighted by Gasteiger charge is 2.17. The van der Waals surface area contributed by atoms with Crippen LogP contribution in [0.1, 0.15) is 18.1 Å². The SMILES string of the molecule is COCC(C)Nc1ncnc(N(Cc2ccccc2)Cc2ccccc2)c1N. The molecule has 1 atom stereocenters. The van der Waals surface area contributed by atoms with E-state index in [2.05, 4.69) is 44.5 Å². The summed E-state index contributed by atoms with van der Waals surface area (Å²) in [7, 11) is 1.67. The number of methoxy groups -OCH3 is 1. The van der Waals surface area contributed by atoms with E-state index in [1.807, 2.05) is 43.3 Å². The molecule has 1 heterocycles. The maximum Gasteiger partial charge on any atom is 0.158 e. The Hall–Kier alpha value is -3.12. The zero-order valence-corrected chi connectivity index (χ0v) is 16.4. The molecule has 0 bridgehead atoms. The second-order valence-corrected chi connectivity index (χ2v) is 6.79. The third-order valence-electron chi connectivity index (χ3n) is 4.39. The summed E-state index contributed by atoms with van der Waals surface area (Å²) in [6, 6.07) is 20.7. The number of hydrogen-bond acceptors (Lipinski definition) is 6. The third-order valence-corrected chi connectivity index (χ3v) is 4.39. The molecule has 2 aromatic carbocycles. The molecule has 0 aliphatic rings. The number of hydrogen-bond donors (Lipinski definition) is 2. The van der Waals surface area contributed by atoms with Crippen molar-refractivity contribution in [3.63, 3.8) is 0 Å². The van der Waals surface area contributed by atoms with Crippen LogP contribution in [0, 0.1) is 0 Å². The highest BCUT2D eigenvalue weighted by Crippen LogP contribution is 2.29. The Morgan fingerprint density at radius 3 is 2.07 bits per heavy atom. The molecule has 3 aromatic rings. The van der Waals surface area contributed by atoms with E-state index in [0.29, 0.717) is 31.2 Å². The van der Waals surface area contributed by atoms with Gasteiger partial charge in [-0.1, -0.05) is 60.7 Å². The topological polar surface area (TPSA) is 76.3 Å². The molecule has 0 fully saturated rings. The number of ether oxygens (including phenoxy) is 1. The molecule has 0 spiro atoms. The summed E-state index contributed by atoms with van der Waals surface area (Å²) in [5.41, 5.74) is 9.39. The van der Waals surface area contributed by atoms with Gasteiger partial charge in [0.15, 0.2) is 11.6 Å². The molecule has 0 saturated carbocycles. The van der Waals surface area contributed by atoms with E-state index in [1.54, 1.807) is 13.4 Å². The standard InChI is InChI=1S/C22H27N5O/c1-17(15-28-2)26-21-20(23)22(25-16-24-21)27(13-18-9-5-3-6-10-18)14-19-11-7-4-8-12-19/h3-12,16-17H,13-15,23H2,1-2H3,(H,24,25,26). The molecule has 6 nitrogen and oxygen atoms in total. The van der Waals surface area contributed by atoms with Crippen molar-refractivity contribution in [2.24, 2.45) is 0 Å². The summed E-state index contributed by atoms with van der Waals surface area (Å²) >= 11 is 0. The van der Waals surface area contributed by atoms with E-state index in [0.717, 1.165) is 5.82 Å². The highest BCUT2D eigenvalue weighted by molar-refractivity contribution is 5.75. The number of rotatable bonds is 9. The van der Waals surface area contributed by atoms with Crippen molar-refractivity contribution in [2.75, 3.05) is 29.7 Å². The van der Waals surface area contributed by atoms with Crippen LogP contribution >= 0.6 is 0 Å². The summed E-state index contributed by atoms with van der Waals surface area (Å²) in [6.07, 6.45) is 1.55. The minimum atomic E-state index is 0.0896. The van der Waals surface area contributed by atoms with E-state index in [-0.39, 0.29) is 6.04 Å². The molecule has 0 aliphatic carbocycles. The normalized spacial score (nSPS) is 11.8. The van der Waals surface area contributed by atoms with E-state index in [9.17, 15) is 0 Å².